The first-order chi connectivity index (χ1) is 7.39. The molecule has 0 aliphatic rings. The van der Waals surface area contributed by atoms with E-state index in [2.05, 4.69) is 31.1 Å². The fraction of sp³-hybridized carbons (Fsp3) is 0.750. The summed E-state index contributed by atoms with van der Waals surface area (Å²) >= 11 is 0. The first-order valence-electron chi connectivity index (χ1n) is 5.72. The van der Waals surface area contributed by atoms with Crippen molar-refractivity contribution in [3.8, 4) is 11.5 Å². The molecule has 16 heavy (non-hydrogen) atoms. The lowest BCUT2D eigenvalue weighted by Gasteiger charge is -2.13. The van der Waals surface area contributed by atoms with Crippen molar-refractivity contribution in [2.75, 3.05) is 6.61 Å². The lowest BCUT2D eigenvalue weighted by molar-refractivity contribution is 0.0267. The Balaban J connectivity index is 4.10. The predicted octanol–water partition coefficient (Wildman–Crippen LogP) is 3.21. The molecular formula is C12H22O3Si. The monoisotopic (exact) mass is 242 g/mol. The molecule has 0 spiro atoms. The van der Waals surface area contributed by atoms with Gasteiger partial charge in [0.2, 0.25) is 0 Å². The molecule has 1 unspecified atom stereocenters. The summed E-state index contributed by atoms with van der Waals surface area (Å²) in [4.78, 5) is 11.1. The van der Waals surface area contributed by atoms with Crippen molar-refractivity contribution in [1.29, 1.82) is 0 Å². The summed E-state index contributed by atoms with van der Waals surface area (Å²) in [5.41, 5.74) is 3.25. The van der Waals surface area contributed by atoms with Crippen LogP contribution >= 0.6 is 0 Å². The van der Waals surface area contributed by atoms with E-state index in [1.165, 1.54) is 0 Å². The highest BCUT2D eigenvalue weighted by Crippen LogP contribution is 2.05. The highest BCUT2D eigenvalue weighted by atomic mass is 28.3. The number of hydrogen-bond acceptors (Lipinski definition) is 3. The van der Waals surface area contributed by atoms with Crippen molar-refractivity contribution in [1.82, 2.24) is 0 Å². The van der Waals surface area contributed by atoms with E-state index >= 15 is 0 Å². The van der Waals surface area contributed by atoms with Gasteiger partial charge in [0.25, 0.3) is 0 Å². The molecule has 4 heteroatoms. The van der Waals surface area contributed by atoms with E-state index < -0.39 is 14.2 Å². The topological polar surface area (TPSA) is 35.5 Å². The Morgan fingerprint density at radius 1 is 1.31 bits per heavy atom. The first-order valence-corrected chi connectivity index (χ1v) is 9.22. The minimum absolute atomic E-state index is 0.150. The van der Waals surface area contributed by atoms with Gasteiger partial charge in [-0.1, -0.05) is 26.6 Å². The van der Waals surface area contributed by atoms with Crippen LogP contribution in [0.25, 0.3) is 0 Å². The number of hydrogen-bond donors (Lipinski definition) is 0. The molecule has 0 heterocycles. The zero-order valence-electron chi connectivity index (χ0n) is 10.9. The average molecular weight is 242 g/mol. The third kappa shape index (κ3) is 8.36. The van der Waals surface area contributed by atoms with E-state index in [4.69, 9.17) is 9.47 Å². The minimum atomic E-state index is -1.32. The Bertz CT molecular complexity index is 270. The second-order valence-electron chi connectivity index (χ2n) is 4.59. The fourth-order valence-corrected chi connectivity index (χ4v) is 1.62. The maximum absolute atomic E-state index is 11.1. The highest BCUT2D eigenvalue weighted by molar-refractivity contribution is 6.83. The lowest BCUT2D eigenvalue weighted by Crippen LogP contribution is -2.19. The summed E-state index contributed by atoms with van der Waals surface area (Å²) in [6, 6.07) is 0. The minimum Gasteiger partial charge on any atom is -0.435 e. The SMILES string of the molecule is CCOC(=O)OC(CC)CC#C[Si](C)(C)C. The quantitative estimate of drug-likeness (QED) is 0.431. The van der Waals surface area contributed by atoms with Gasteiger partial charge in [0, 0.05) is 6.42 Å². The van der Waals surface area contributed by atoms with E-state index in [-0.39, 0.29) is 6.10 Å². The molecule has 0 aromatic carbocycles. The van der Waals surface area contributed by atoms with Crippen molar-refractivity contribution in [2.24, 2.45) is 0 Å². The summed E-state index contributed by atoms with van der Waals surface area (Å²) in [5, 5.41) is 0. The van der Waals surface area contributed by atoms with Crippen LogP contribution in [-0.2, 0) is 9.47 Å². The van der Waals surface area contributed by atoms with Crippen LogP contribution in [-0.4, -0.2) is 26.9 Å². The Hall–Kier alpha value is -0.953. The summed E-state index contributed by atoms with van der Waals surface area (Å²) in [6.07, 6.45) is 0.616. The van der Waals surface area contributed by atoms with E-state index in [0.29, 0.717) is 13.0 Å². The van der Waals surface area contributed by atoms with Crippen molar-refractivity contribution in [3.63, 3.8) is 0 Å². The number of carbonyl (C=O) groups excluding carboxylic acids is 1. The summed E-state index contributed by atoms with van der Waals surface area (Å²) in [6.45, 7) is 10.6. The average Bonchev–Trinajstić information content (AvgIpc) is 2.14. The summed E-state index contributed by atoms with van der Waals surface area (Å²) in [7, 11) is -1.32. The predicted molar refractivity (Wildman–Crippen MR) is 67.9 cm³/mol. The molecule has 0 aromatic rings. The molecule has 0 saturated heterocycles. The molecule has 1 atom stereocenters. The Morgan fingerprint density at radius 3 is 2.38 bits per heavy atom. The van der Waals surface area contributed by atoms with Gasteiger partial charge in [0.15, 0.2) is 0 Å². The molecule has 0 amide bonds. The summed E-state index contributed by atoms with van der Waals surface area (Å²) < 4.78 is 9.83. The van der Waals surface area contributed by atoms with Gasteiger partial charge in [-0.05, 0) is 13.3 Å². The molecule has 0 aromatic heterocycles. The van der Waals surface area contributed by atoms with E-state index in [1.807, 2.05) is 6.92 Å². The standard InChI is InChI=1S/C12H22O3Si/c1-6-11(15-12(13)14-7-2)9-8-10-16(3,4)5/h11H,6-7,9H2,1-5H3. The van der Waals surface area contributed by atoms with Crippen molar-refractivity contribution < 1.29 is 14.3 Å². The Labute approximate surface area is 99.5 Å². The fourth-order valence-electron chi connectivity index (χ4n) is 0.987. The van der Waals surface area contributed by atoms with Gasteiger partial charge in [-0.25, -0.2) is 4.79 Å². The Morgan fingerprint density at radius 2 is 1.94 bits per heavy atom. The highest BCUT2D eigenvalue weighted by Gasteiger charge is 2.12. The molecule has 0 bridgehead atoms. The van der Waals surface area contributed by atoms with Crippen LogP contribution in [0.5, 0.6) is 0 Å². The second-order valence-corrected chi connectivity index (χ2v) is 9.34. The van der Waals surface area contributed by atoms with Crippen LogP contribution in [0, 0.1) is 11.5 Å². The molecule has 92 valence electrons. The van der Waals surface area contributed by atoms with Crippen LogP contribution in [0.3, 0.4) is 0 Å². The van der Waals surface area contributed by atoms with Crippen LogP contribution in [0.15, 0.2) is 0 Å². The normalized spacial score (nSPS) is 12.3. The van der Waals surface area contributed by atoms with E-state index in [9.17, 15) is 4.79 Å². The van der Waals surface area contributed by atoms with Gasteiger partial charge in [-0.3, -0.25) is 0 Å². The van der Waals surface area contributed by atoms with Crippen molar-refractivity contribution >= 4 is 14.2 Å². The van der Waals surface area contributed by atoms with Gasteiger partial charge in [0.05, 0.1) is 6.61 Å². The zero-order valence-corrected chi connectivity index (χ0v) is 11.9. The molecule has 0 radical (unpaired) electrons. The van der Waals surface area contributed by atoms with Crippen LogP contribution in [0.2, 0.25) is 19.6 Å². The second kappa shape index (κ2) is 7.34. The maximum Gasteiger partial charge on any atom is 0.508 e. The number of ether oxygens (including phenoxy) is 2. The largest absolute Gasteiger partial charge is 0.508 e. The van der Waals surface area contributed by atoms with E-state index in [0.717, 1.165) is 6.42 Å². The zero-order chi connectivity index (χ0) is 12.6. The molecule has 0 saturated carbocycles. The van der Waals surface area contributed by atoms with Crippen molar-refractivity contribution in [3.05, 3.63) is 0 Å². The van der Waals surface area contributed by atoms with Crippen LogP contribution < -0.4 is 0 Å². The molecule has 0 fully saturated rings. The number of rotatable bonds is 4. The van der Waals surface area contributed by atoms with Gasteiger partial charge < -0.3 is 9.47 Å². The molecule has 3 nitrogen and oxygen atoms in total. The Kier molecular flexibility index (Phi) is 6.90. The van der Waals surface area contributed by atoms with Gasteiger partial charge in [0.1, 0.15) is 14.2 Å². The molecule has 0 aliphatic carbocycles. The van der Waals surface area contributed by atoms with Gasteiger partial charge in [-0.15, -0.1) is 11.5 Å². The third-order valence-electron chi connectivity index (χ3n) is 1.77. The van der Waals surface area contributed by atoms with Gasteiger partial charge >= 0.3 is 6.16 Å². The smallest absolute Gasteiger partial charge is 0.435 e. The van der Waals surface area contributed by atoms with Crippen LogP contribution in [0.1, 0.15) is 26.7 Å². The van der Waals surface area contributed by atoms with Gasteiger partial charge in [-0.2, -0.15) is 0 Å². The van der Waals surface area contributed by atoms with Crippen molar-refractivity contribution in [2.45, 2.75) is 52.4 Å². The van der Waals surface area contributed by atoms with E-state index in [1.54, 1.807) is 6.92 Å². The summed E-state index contributed by atoms with van der Waals surface area (Å²) in [5.74, 6) is 3.10. The molecule has 0 aliphatic heterocycles. The first kappa shape index (κ1) is 15.0. The van der Waals surface area contributed by atoms with Crippen LogP contribution in [0.4, 0.5) is 4.79 Å². The molecule has 0 N–H and O–H groups in total. The molecular weight excluding hydrogens is 220 g/mol. The maximum atomic E-state index is 11.1. The molecule has 0 rings (SSSR count). The third-order valence-corrected chi connectivity index (χ3v) is 2.70. The number of carbonyl (C=O) groups is 1. The lowest BCUT2D eigenvalue weighted by atomic mass is 10.2.